The number of carbonyl (C=O) groups is 2. The van der Waals surface area contributed by atoms with Crippen molar-refractivity contribution in [3.63, 3.8) is 0 Å². The van der Waals surface area contributed by atoms with Crippen LogP contribution < -0.4 is 5.32 Å². The number of nitrogens with one attached hydrogen (secondary N) is 1. The monoisotopic (exact) mass is 426 g/mol. The van der Waals surface area contributed by atoms with Crippen LogP contribution in [0.1, 0.15) is 44.9 Å². The Balaban J connectivity index is 1.66. The molecule has 0 bridgehead atoms. The molecule has 158 valence electrons. The van der Waals surface area contributed by atoms with Crippen LogP contribution in [0.15, 0.2) is 36.7 Å². The molecule has 0 spiro atoms. The van der Waals surface area contributed by atoms with Gasteiger partial charge in [0.25, 0.3) is 11.8 Å². The summed E-state index contributed by atoms with van der Waals surface area (Å²) in [4.78, 5) is 28.5. The van der Waals surface area contributed by atoms with Gasteiger partial charge in [-0.15, -0.1) is 11.3 Å². The van der Waals surface area contributed by atoms with Crippen LogP contribution in [0.2, 0.25) is 0 Å². The van der Waals surface area contributed by atoms with Crippen molar-refractivity contribution in [1.29, 1.82) is 0 Å². The molecule has 2 aromatic heterocycles. The van der Waals surface area contributed by atoms with Gasteiger partial charge in [-0.05, 0) is 42.7 Å². The van der Waals surface area contributed by atoms with Crippen LogP contribution in [0.3, 0.4) is 0 Å². The first-order valence-corrected chi connectivity index (χ1v) is 11.1. The fourth-order valence-corrected chi connectivity index (χ4v) is 5.30. The molecule has 0 unspecified atom stereocenters. The number of benzene rings is 1. The van der Waals surface area contributed by atoms with Crippen molar-refractivity contribution in [3.05, 3.63) is 52.7 Å². The molecule has 1 atom stereocenters. The molecule has 1 aromatic carbocycles. The standard InChI is InChI=1S/C22H26N4O3S/c1-25-14-15(13-24-25)22(29)26-10-5-4-6-16(26)12-18-17-7-2-3-8-19(17)30-20(18)21(28)23-9-11-27/h2-3,7-8,13-14,16,27H,4-6,9-12H2,1H3,(H,23,28)/t16-/m1/s1. The summed E-state index contributed by atoms with van der Waals surface area (Å²) in [5.74, 6) is -0.167. The van der Waals surface area contributed by atoms with Crippen LogP contribution in [0, 0.1) is 0 Å². The number of aliphatic hydroxyl groups excluding tert-OH is 1. The fourth-order valence-electron chi connectivity index (χ4n) is 4.15. The molecule has 30 heavy (non-hydrogen) atoms. The van der Waals surface area contributed by atoms with Crippen LogP contribution in [0.5, 0.6) is 0 Å². The highest BCUT2D eigenvalue weighted by Gasteiger charge is 2.30. The number of aryl methyl sites for hydroxylation is 1. The minimum atomic E-state index is -0.166. The molecule has 1 saturated heterocycles. The number of amides is 2. The van der Waals surface area contributed by atoms with E-state index in [4.69, 9.17) is 5.11 Å². The predicted octanol–water partition coefficient (Wildman–Crippen LogP) is 2.59. The molecular formula is C22H26N4O3S. The van der Waals surface area contributed by atoms with Crippen molar-refractivity contribution in [2.75, 3.05) is 19.7 Å². The number of thiophene rings is 1. The first-order chi connectivity index (χ1) is 14.6. The molecule has 0 saturated carbocycles. The molecule has 0 radical (unpaired) electrons. The van der Waals surface area contributed by atoms with Crippen LogP contribution in [-0.4, -0.2) is 57.3 Å². The molecule has 3 heterocycles. The summed E-state index contributed by atoms with van der Waals surface area (Å²) >= 11 is 1.47. The summed E-state index contributed by atoms with van der Waals surface area (Å²) < 4.78 is 2.70. The Bertz CT molecular complexity index is 1060. The van der Waals surface area contributed by atoms with E-state index in [1.165, 1.54) is 11.3 Å². The van der Waals surface area contributed by atoms with E-state index in [9.17, 15) is 9.59 Å². The molecule has 3 aromatic rings. The third-order valence-electron chi connectivity index (χ3n) is 5.58. The van der Waals surface area contributed by atoms with E-state index in [0.717, 1.165) is 34.9 Å². The second-order valence-corrected chi connectivity index (χ2v) is 8.69. The highest BCUT2D eigenvalue weighted by atomic mass is 32.1. The molecule has 7 nitrogen and oxygen atoms in total. The lowest BCUT2D eigenvalue weighted by molar-refractivity contribution is 0.0614. The van der Waals surface area contributed by atoms with Gasteiger partial charge in [0.2, 0.25) is 0 Å². The zero-order chi connectivity index (χ0) is 21.1. The summed E-state index contributed by atoms with van der Waals surface area (Å²) in [5.41, 5.74) is 1.59. The Morgan fingerprint density at radius 2 is 2.13 bits per heavy atom. The summed E-state index contributed by atoms with van der Waals surface area (Å²) in [6, 6.07) is 8.05. The van der Waals surface area contributed by atoms with E-state index >= 15 is 0 Å². The van der Waals surface area contributed by atoms with E-state index in [1.807, 2.05) is 29.2 Å². The number of nitrogens with zero attached hydrogens (tertiary/aromatic N) is 3. The number of aliphatic hydroxyl groups is 1. The van der Waals surface area contributed by atoms with Gasteiger partial charge in [0, 0.05) is 37.1 Å². The van der Waals surface area contributed by atoms with Crippen molar-refractivity contribution in [2.45, 2.75) is 31.7 Å². The van der Waals surface area contributed by atoms with Gasteiger partial charge in [0.1, 0.15) is 0 Å². The normalized spacial score (nSPS) is 16.7. The minimum absolute atomic E-state index is 0.00128. The minimum Gasteiger partial charge on any atom is -0.395 e. The first kappa shape index (κ1) is 20.6. The van der Waals surface area contributed by atoms with Gasteiger partial charge < -0.3 is 15.3 Å². The zero-order valence-electron chi connectivity index (χ0n) is 17.0. The molecule has 1 fully saturated rings. The lowest BCUT2D eigenvalue weighted by Gasteiger charge is -2.36. The van der Waals surface area contributed by atoms with E-state index in [2.05, 4.69) is 10.4 Å². The third kappa shape index (κ3) is 4.11. The van der Waals surface area contributed by atoms with Crippen LogP contribution in [0.25, 0.3) is 10.1 Å². The number of carbonyl (C=O) groups excluding carboxylic acids is 2. The van der Waals surface area contributed by atoms with E-state index in [1.54, 1.807) is 24.1 Å². The maximum absolute atomic E-state index is 13.1. The number of fused-ring (bicyclic) bond motifs is 1. The van der Waals surface area contributed by atoms with E-state index < -0.39 is 0 Å². The van der Waals surface area contributed by atoms with Gasteiger partial charge in [-0.1, -0.05) is 18.2 Å². The van der Waals surface area contributed by atoms with Gasteiger partial charge in [-0.3, -0.25) is 14.3 Å². The smallest absolute Gasteiger partial charge is 0.261 e. The number of rotatable bonds is 6. The molecule has 1 aliphatic rings. The second kappa shape index (κ2) is 8.97. The Morgan fingerprint density at radius 1 is 1.30 bits per heavy atom. The number of hydrogen-bond acceptors (Lipinski definition) is 5. The van der Waals surface area contributed by atoms with Crippen molar-refractivity contribution in [1.82, 2.24) is 20.0 Å². The first-order valence-electron chi connectivity index (χ1n) is 10.3. The van der Waals surface area contributed by atoms with Gasteiger partial charge >= 0.3 is 0 Å². The summed E-state index contributed by atoms with van der Waals surface area (Å²) in [6.07, 6.45) is 6.96. The van der Waals surface area contributed by atoms with Crippen molar-refractivity contribution in [2.24, 2.45) is 7.05 Å². The second-order valence-electron chi connectivity index (χ2n) is 7.64. The Hall–Kier alpha value is -2.71. The Morgan fingerprint density at radius 3 is 2.90 bits per heavy atom. The van der Waals surface area contributed by atoms with E-state index in [0.29, 0.717) is 23.4 Å². The van der Waals surface area contributed by atoms with Crippen molar-refractivity contribution < 1.29 is 14.7 Å². The summed E-state index contributed by atoms with van der Waals surface area (Å²) in [5, 5.41) is 17.1. The van der Waals surface area contributed by atoms with Crippen LogP contribution >= 0.6 is 11.3 Å². The molecule has 8 heteroatoms. The SMILES string of the molecule is Cn1cc(C(=O)N2CCCC[C@@H]2Cc2c(C(=O)NCCO)sc3ccccc23)cn1. The van der Waals surface area contributed by atoms with Gasteiger partial charge in [0.15, 0.2) is 0 Å². The average molecular weight is 427 g/mol. The highest BCUT2D eigenvalue weighted by Crippen LogP contribution is 2.34. The molecule has 2 amide bonds. The number of likely N-dealkylation sites (tertiary alicyclic amines) is 1. The quantitative estimate of drug-likeness (QED) is 0.634. The topological polar surface area (TPSA) is 87.5 Å². The number of piperidine rings is 1. The average Bonchev–Trinajstić information content (AvgIpc) is 3.36. The Kier molecular flexibility index (Phi) is 6.15. The third-order valence-corrected chi connectivity index (χ3v) is 6.79. The largest absolute Gasteiger partial charge is 0.395 e. The lowest BCUT2D eigenvalue weighted by atomic mass is 9.93. The maximum atomic E-state index is 13.1. The van der Waals surface area contributed by atoms with Gasteiger partial charge in [-0.2, -0.15) is 5.10 Å². The molecule has 0 aliphatic carbocycles. The van der Waals surface area contributed by atoms with Crippen LogP contribution in [0.4, 0.5) is 0 Å². The molecule has 2 N–H and O–H groups in total. The summed E-state index contributed by atoms with van der Waals surface area (Å²) in [6.45, 7) is 0.843. The van der Waals surface area contributed by atoms with E-state index in [-0.39, 0.29) is 31.0 Å². The van der Waals surface area contributed by atoms with Crippen molar-refractivity contribution >= 4 is 33.2 Å². The van der Waals surface area contributed by atoms with Crippen LogP contribution in [-0.2, 0) is 13.5 Å². The predicted molar refractivity (Wildman–Crippen MR) is 117 cm³/mol. The Labute approximate surface area is 179 Å². The number of hydrogen-bond donors (Lipinski definition) is 2. The van der Waals surface area contributed by atoms with Gasteiger partial charge in [0.05, 0.1) is 23.2 Å². The zero-order valence-corrected chi connectivity index (χ0v) is 17.8. The lowest BCUT2D eigenvalue weighted by Crippen LogP contribution is -2.45. The highest BCUT2D eigenvalue weighted by molar-refractivity contribution is 7.21. The molecular weight excluding hydrogens is 400 g/mol. The maximum Gasteiger partial charge on any atom is 0.261 e. The molecule has 4 rings (SSSR count). The van der Waals surface area contributed by atoms with Crippen molar-refractivity contribution in [3.8, 4) is 0 Å². The summed E-state index contributed by atoms with van der Waals surface area (Å²) in [7, 11) is 1.80. The fraction of sp³-hybridized carbons (Fsp3) is 0.409. The van der Waals surface area contributed by atoms with Gasteiger partial charge in [-0.25, -0.2) is 0 Å². The molecule has 1 aliphatic heterocycles. The number of aromatic nitrogens is 2.